The van der Waals surface area contributed by atoms with Crippen LogP contribution in [0.3, 0.4) is 0 Å². The maximum Gasteiger partial charge on any atom is 0.409 e. The number of alkyl halides is 3. The zero-order chi connectivity index (χ0) is 16.1. The van der Waals surface area contributed by atoms with Crippen LogP contribution in [0.5, 0.6) is 0 Å². The minimum absolute atomic E-state index is 0.0720. The zero-order valence-electron chi connectivity index (χ0n) is 12.2. The van der Waals surface area contributed by atoms with Gasteiger partial charge in [-0.15, -0.1) is 0 Å². The Bertz CT molecular complexity index is 351. The second-order valence-corrected chi connectivity index (χ2v) is 6.20. The standard InChI is InChI=1S/C13H22F3NO3/c1-8(2)6-12(3,4)7-10(18)17-9(5-11(19)20)13(14,15)16/h8-9H,5-7H2,1-4H3,(H,17,18)(H,19,20). The molecule has 0 aliphatic heterocycles. The number of nitrogens with one attached hydrogen (secondary N) is 1. The van der Waals surface area contributed by atoms with Gasteiger partial charge in [-0.25, -0.2) is 0 Å². The Morgan fingerprint density at radius 1 is 1.20 bits per heavy atom. The molecule has 0 fully saturated rings. The maximum absolute atomic E-state index is 12.6. The second-order valence-electron chi connectivity index (χ2n) is 6.20. The molecule has 7 heteroatoms. The van der Waals surface area contributed by atoms with Gasteiger partial charge in [-0.2, -0.15) is 13.2 Å². The largest absolute Gasteiger partial charge is 0.481 e. The number of halogens is 3. The van der Waals surface area contributed by atoms with Crippen LogP contribution in [0.1, 0.15) is 47.0 Å². The van der Waals surface area contributed by atoms with Gasteiger partial charge in [0.05, 0.1) is 6.42 Å². The van der Waals surface area contributed by atoms with Gasteiger partial charge in [-0.1, -0.05) is 27.7 Å². The smallest absolute Gasteiger partial charge is 0.409 e. The molecule has 1 unspecified atom stereocenters. The summed E-state index contributed by atoms with van der Waals surface area (Å²) < 4.78 is 37.8. The molecule has 118 valence electrons. The normalized spacial score (nSPS) is 14.2. The first-order valence-corrected chi connectivity index (χ1v) is 6.41. The fraction of sp³-hybridized carbons (Fsp3) is 0.846. The Morgan fingerprint density at radius 2 is 1.70 bits per heavy atom. The summed E-state index contributed by atoms with van der Waals surface area (Å²) >= 11 is 0. The highest BCUT2D eigenvalue weighted by molar-refractivity contribution is 5.78. The number of carbonyl (C=O) groups excluding carboxylic acids is 1. The van der Waals surface area contributed by atoms with Crippen molar-refractivity contribution in [2.45, 2.75) is 59.2 Å². The van der Waals surface area contributed by atoms with E-state index in [0.29, 0.717) is 12.3 Å². The average molecular weight is 297 g/mol. The summed E-state index contributed by atoms with van der Waals surface area (Å²) in [4.78, 5) is 22.1. The second kappa shape index (κ2) is 6.95. The molecular weight excluding hydrogens is 275 g/mol. The molecule has 2 N–H and O–H groups in total. The van der Waals surface area contributed by atoms with Crippen molar-refractivity contribution in [2.24, 2.45) is 11.3 Å². The number of hydrogen-bond donors (Lipinski definition) is 2. The molecule has 0 saturated carbocycles. The molecular formula is C13H22F3NO3. The molecule has 0 aliphatic rings. The number of rotatable bonds is 7. The van der Waals surface area contributed by atoms with Crippen LogP contribution in [0, 0.1) is 11.3 Å². The lowest BCUT2D eigenvalue weighted by atomic mass is 9.81. The monoisotopic (exact) mass is 297 g/mol. The Morgan fingerprint density at radius 3 is 2.05 bits per heavy atom. The molecule has 0 heterocycles. The summed E-state index contributed by atoms with van der Waals surface area (Å²) in [6.45, 7) is 7.52. The molecule has 0 bridgehead atoms. The van der Waals surface area contributed by atoms with E-state index in [4.69, 9.17) is 5.11 Å². The van der Waals surface area contributed by atoms with Crippen LogP contribution in [-0.4, -0.2) is 29.2 Å². The molecule has 0 aromatic carbocycles. The number of carboxylic acids is 1. The van der Waals surface area contributed by atoms with Gasteiger partial charge in [-0.3, -0.25) is 9.59 Å². The van der Waals surface area contributed by atoms with Crippen molar-refractivity contribution in [3.05, 3.63) is 0 Å². The maximum atomic E-state index is 12.6. The first-order valence-electron chi connectivity index (χ1n) is 6.41. The number of carboxylic acid groups (broad SMARTS) is 1. The van der Waals surface area contributed by atoms with Crippen molar-refractivity contribution < 1.29 is 27.9 Å². The first-order chi connectivity index (χ1) is 8.83. The number of amides is 1. The van der Waals surface area contributed by atoms with Crippen molar-refractivity contribution in [1.82, 2.24) is 5.32 Å². The van der Waals surface area contributed by atoms with E-state index in [2.05, 4.69) is 0 Å². The predicted molar refractivity (Wildman–Crippen MR) is 68.1 cm³/mol. The van der Waals surface area contributed by atoms with Gasteiger partial charge in [0.2, 0.25) is 5.91 Å². The molecule has 0 saturated heterocycles. The minimum Gasteiger partial charge on any atom is -0.481 e. The molecule has 4 nitrogen and oxygen atoms in total. The van der Waals surface area contributed by atoms with Crippen LogP contribution in [0.4, 0.5) is 13.2 Å². The molecule has 0 aromatic heterocycles. The van der Waals surface area contributed by atoms with E-state index in [1.807, 2.05) is 13.8 Å². The molecule has 1 atom stereocenters. The quantitative estimate of drug-likeness (QED) is 0.759. The summed E-state index contributed by atoms with van der Waals surface area (Å²) in [5.74, 6) is -2.07. The number of carbonyl (C=O) groups is 2. The molecule has 0 spiro atoms. The van der Waals surface area contributed by atoms with E-state index < -0.39 is 35.9 Å². The van der Waals surface area contributed by atoms with Crippen LogP contribution in [0.25, 0.3) is 0 Å². The van der Waals surface area contributed by atoms with E-state index in [1.54, 1.807) is 19.2 Å². The summed E-state index contributed by atoms with van der Waals surface area (Å²) in [5.41, 5.74) is -0.433. The van der Waals surface area contributed by atoms with Crippen molar-refractivity contribution >= 4 is 11.9 Å². The van der Waals surface area contributed by atoms with Crippen LogP contribution in [0.2, 0.25) is 0 Å². The van der Waals surface area contributed by atoms with Crippen molar-refractivity contribution in [3.8, 4) is 0 Å². The molecule has 0 rings (SSSR count). The van der Waals surface area contributed by atoms with Crippen LogP contribution < -0.4 is 5.32 Å². The molecule has 0 aliphatic carbocycles. The van der Waals surface area contributed by atoms with Crippen molar-refractivity contribution in [1.29, 1.82) is 0 Å². The highest BCUT2D eigenvalue weighted by Crippen LogP contribution is 2.30. The van der Waals surface area contributed by atoms with Gasteiger partial charge in [0.25, 0.3) is 0 Å². The fourth-order valence-electron chi connectivity index (χ4n) is 2.28. The predicted octanol–water partition coefficient (Wildman–Crippen LogP) is 2.97. The van der Waals surface area contributed by atoms with Gasteiger partial charge in [0.15, 0.2) is 0 Å². The third-order valence-electron chi connectivity index (χ3n) is 2.71. The third kappa shape index (κ3) is 8.01. The minimum atomic E-state index is -4.77. The summed E-state index contributed by atoms with van der Waals surface area (Å²) in [7, 11) is 0. The van der Waals surface area contributed by atoms with Crippen LogP contribution >= 0.6 is 0 Å². The Labute approximate surface area is 116 Å². The van der Waals surface area contributed by atoms with E-state index in [0.717, 1.165) is 0 Å². The van der Waals surface area contributed by atoms with Gasteiger partial charge < -0.3 is 10.4 Å². The SMILES string of the molecule is CC(C)CC(C)(C)CC(=O)NC(CC(=O)O)C(F)(F)F. The van der Waals surface area contributed by atoms with Gasteiger partial charge in [0, 0.05) is 6.42 Å². The number of hydrogen-bond acceptors (Lipinski definition) is 2. The Kier molecular flexibility index (Phi) is 6.50. The van der Waals surface area contributed by atoms with Crippen molar-refractivity contribution in [3.63, 3.8) is 0 Å². The van der Waals surface area contributed by atoms with Gasteiger partial charge in [0.1, 0.15) is 6.04 Å². The highest BCUT2D eigenvalue weighted by Gasteiger charge is 2.42. The van der Waals surface area contributed by atoms with E-state index in [9.17, 15) is 22.8 Å². The lowest BCUT2D eigenvalue weighted by Crippen LogP contribution is -2.47. The summed E-state index contributed by atoms with van der Waals surface area (Å²) in [6.07, 6.45) is -5.32. The van der Waals surface area contributed by atoms with E-state index >= 15 is 0 Å². The average Bonchev–Trinajstić information content (AvgIpc) is 2.10. The van der Waals surface area contributed by atoms with Crippen LogP contribution in [-0.2, 0) is 9.59 Å². The molecule has 1 amide bonds. The van der Waals surface area contributed by atoms with Crippen molar-refractivity contribution in [2.75, 3.05) is 0 Å². The summed E-state index contributed by atoms with van der Waals surface area (Å²) in [6, 6.07) is -2.35. The first kappa shape index (κ1) is 18.7. The molecule has 0 radical (unpaired) electrons. The lowest BCUT2D eigenvalue weighted by Gasteiger charge is -2.27. The Balaban J connectivity index is 4.65. The lowest BCUT2D eigenvalue weighted by molar-refractivity contribution is -0.170. The topological polar surface area (TPSA) is 66.4 Å². The zero-order valence-corrected chi connectivity index (χ0v) is 12.2. The highest BCUT2D eigenvalue weighted by atomic mass is 19.4. The Hall–Kier alpha value is -1.27. The molecule has 20 heavy (non-hydrogen) atoms. The summed E-state index contributed by atoms with van der Waals surface area (Å²) in [5, 5.41) is 10.2. The van der Waals surface area contributed by atoms with E-state index in [-0.39, 0.29) is 6.42 Å². The fourth-order valence-corrected chi connectivity index (χ4v) is 2.28. The van der Waals surface area contributed by atoms with Gasteiger partial charge >= 0.3 is 12.1 Å². The van der Waals surface area contributed by atoms with Crippen LogP contribution in [0.15, 0.2) is 0 Å². The number of aliphatic carboxylic acids is 1. The third-order valence-corrected chi connectivity index (χ3v) is 2.71. The van der Waals surface area contributed by atoms with E-state index in [1.165, 1.54) is 0 Å². The molecule has 0 aromatic rings. The van der Waals surface area contributed by atoms with Gasteiger partial charge in [-0.05, 0) is 17.8 Å².